The van der Waals surface area contributed by atoms with Crippen LogP contribution >= 0.6 is 23.2 Å². The Morgan fingerprint density at radius 3 is 2.79 bits per heavy atom. The molecular formula is C21H20Cl2N2O4. The van der Waals surface area contributed by atoms with Crippen LogP contribution in [0.2, 0.25) is 10.0 Å². The van der Waals surface area contributed by atoms with Crippen LogP contribution in [0.25, 0.3) is 0 Å². The lowest BCUT2D eigenvalue weighted by Crippen LogP contribution is -2.18. The molecule has 0 spiro atoms. The number of hydrazone groups is 1. The highest BCUT2D eigenvalue weighted by atomic mass is 35.5. The van der Waals surface area contributed by atoms with Crippen molar-refractivity contribution in [1.82, 2.24) is 5.43 Å². The highest BCUT2D eigenvalue weighted by molar-refractivity contribution is 6.35. The molecule has 0 atom stereocenters. The topological polar surface area (TPSA) is 69.2 Å². The molecule has 0 unspecified atom stereocenters. The second-order valence-electron chi connectivity index (χ2n) is 5.69. The highest BCUT2D eigenvalue weighted by Crippen LogP contribution is 2.30. The lowest BCUT2D eigenvalue weighted by Gasteiger charge is -2.11. The number of halogens is 2. The number of benzene rings is 2. The summed E-state index contributed by atoms with van der Waals surface area (Å²) in [5, 5.41) is 4.91. The minimum Gasteiger partial charge on any atom is -0.493 e. The van der Waals surface area contributed by atoms with Gasteiger partial charge in [-0.05, 0) is 36.8 Å². The van der Waals surface area contributed by atoms with Gasteiger partial charge in [-0.2, -0.15) is 5.10 Å². The Labute approximate surface area is 179 Å². The fourth-order valence-electron chi connectivity index (χ4n) is 2.30. The molecule has 0 saturated heterocycles. The van der Waals surface area contributed by atoms with Crippen molar-refractivity contribution in [3.05, 3.63) is 52.0 Å². The van der Waals surface area contributed by atoms with Crippen LogP contribution in [0.5, 0.6) is 17.2 Å². The number of ether oxygens (including phenoxy) is 3. The first kappa shape index (κ1) is 22.4. The van der Waals surface area contributed by atoms with Crippen molar-refractivity contribution in [1.29, 1.82) is 0 Å². The lowest BCUT2D eigenvalue weighted by atomic mass is 10.2. The van der Waals surface area contributed by atoms with Gasteiger partial charge in [0.05, 0.1) is 25.0 Å². The number of carbonyl (C=O) groups excluding carboxylic acids is 1. The minimum atomic E-state index is -0.249. The maximum atomic E-state index is 11.9. The first-order valence-electron chi connectivity index (χ1n) is 8.68. The van der Waals surface area contributed by atoms with Crippen molar-refractivity contribution in [3.63, 3.8) is 0 Å². The highest BCUT2D eigenvalue weighted by Gasteiger charge is 2.09. The van der Waals surface area contributed by atoms with Gasteiger partial charge < -0.3 is 14.2 Å². The number of nitrogens with zero attached hydrogens (tertiary/aromatic N) is 1. The summed E-state index contributed by atoms with van der Waals surface area (Å²) in [6.07, 6.45) is 7.44. The van der Waals surface area contributed by atoms with Gasteiger partial charge in [-0.3, -0.25) is 4.79 Å². The van der Waals surface area contributed by atoms with Gasteiger partial charge in [0, 0.05) is 17.0 Å². The van der Waals surface area contributed by atoms with E-state index >= 15 is 0 Å². The van der Waals surface area contributed by atoms with Gasteiger partial charge in [0.25, 0.3) is 0 Å². The molecule has 29 heavy (non-hydrogen) atoms. The van der Waals surface area contributed by atoms with E-state index in [1.807, 2.05) is 0 Å². The normalized spacial score (nSPS) is 10.4. The number of rotatable bonds is 10. The zero-order valence-electron chi connectivity index (χ0n) is 15.8. The average molecular weight is 435 g/mol. The van der Waals surface area contributed by atoms with Crippen LogP contribution < -0.4 is 19.6 Å². The largest absolute Gasteiger partial charge is 0.493 e. The molecule has 2 aromatic carbocycles. The monoisotopic (exact) mass is 434 g/mol. The summed E-state index contributed by atoms with van der Waals surface area (Å²) in [7, 11) is 1.53. The molecule has 1 N–H and O–H groups in total. The Morgan fingerprint density at radius 2 is 2.07 bits per heavy atom. The summed E-state index contributed by atoms with van der Waals surface area (Å²) in [5.74, 6) is 3.65. The maximum Gasteiger partial charge on any atom is 0.240 e. The Hall–Kier alpha value is -2.88. The van der Waals surface area contributed by atoms with E-state index in [2.05, 4.69) is 16.4 Å². The second-order valence-corrected chi connectivity index (χ2v) is 6.53. The molecule has 0 aromatic heterocycles. The van der Waals surface area contributed by atoms with Crippen molar-refractivity contribution in [2.45, 2.75) is 12.8 Å². The molecule has 0 aliphatic carbocycles. The number of para-hydroxylation sites is 1. The molecule has 0 bridgehead atoms. The first-order chi connectivity index (χ1) is 14.0. The van der Waals surface area contributed by atoms with E-state index in [0.717, 1.165) is 0 Å². The first-order valence-corrected chi connectivity index (χ1v) is 9.43. The van der Waals surface area contributed by atoms with Crippen LogP contribution in [-0.4, -0.2) is 32.4 Å². The van der Waals surface area contributed by atoms with Crippen molar-refractivity contribution in [3.8, 4) is 29.6 Å². The van der Waals surface area contributed by atoms with Gasteiger partial charge >= 0.3 is 0 Å². The third-order valence-electron chi connectivity index (χ3n) is 3.62. The standard InChI is InChI=1S/C21H20Cl2N2O4/c1-3-11-29-21-15(6-4-7-19(21)27-2)14-24-25-20(26)8-5-12-28-18-10-9-16(22)13-17(18)23/h1,4,6-7,9-10,13-14H,5,8,11-12H2,2H3,(H,25,26)/b24-14+. The fourth-order valence-corrected chi connectivity index (χ4v) is 2.76. The van der Waals surface area contributed by atoms with Crippen LogP contribution in [0.3, 0.4) is 0 Å². The molecule has 6 nitrogen and oxygen atoms in total. The van der Waals surface area contributed by atoms with Crippen LogP contribution in [0.15, 0.2) is 41.5 Å². The summed E-state index contributed by atoms with van der Waals surface area (Å²) in [4.78, 5) is 11.9. The fraction of sp³-hybridized carbons (Fsp3) is 0.238. The molecule has 152 valence electrons. The Morgan fingerprint density at radius 1 is 1.24 bits per heavy atom. The predicted molar refractivity (Wildman–Crippen MR) is 114 cm³/mol. The van der Waals surface area contributed by atoms with Gasteiger partial charge in [-0.1, -0.05) is 35.2 Å². The summed E-state index contributed by atoms with van der Waals surface area (Å²) < 4.78 is 16.3. The van der Waals surface area contributed by atoms with Gasteiger partial charge in [0.15, 0.2) is 11.5 Å². The Bertz CT molecular complexity index is 910. The van der Waals surface area contributed by atoms with Crippen molar-refractivity contribution >= 4 is 35.3 Å². The Kier molecular flexibility index (Phi) is 9.16. The number of terminal acetylenes is 1. The van der Waals surface area contributed by atoms with E-state index in [1.165, 1.54) is 13.3 Å². The van der Waals surface area contributed by atoms with Crippen molar-refractivity contribution < 1.29 is 19.0 Å². The molecular weight excluding hydrogens is 415 g/mol. The molecule has 0 aliphatic rings. The molecule has 0 saturated carbocycles. The van der Waals surface area contributed by atoms with Crippen LogP contribution in [0.1, 0.15) is 18.4 Å². The number of hydrogen-bond donors (Lipinski definition) is 1. The van der Waals surface area contributed by atoms with Gasteiger partial charge in [-0.25, -0.2) is 5.43 Å². The van der Waals surface area contributed by atoms with E-state index in [0.29, 0.717) is 45.9 Å². The third-order valence-corrected chi connectivity index (χ3v) is 4.15. The summed E-state index contributed by atoms with van der Waals surface area (Å²) in [5.41, 5.74) is 3.09. The number of amides is 1. The second kappa shape index (κ2) is 11.8. The third kappa shape index (κ3) is 7.22. The average Bonchev–Trinajstić information content (AvgIpc) is 2.71. The van der Waals surface area contributed by atoms with Gasteiger partial charge in [0.1, 0.15) is 12.4 Å². The van der Waals surface area contributed by atoms with E-state index in [4.69, 9.17) is 43.8 Å². The number of carbonyl (C=O) groups is 1. The SMILES string of the molecule is C#CCOc1c(/C=N/NC(=O)CCCOc2ccc(Cl)cc2Cl)cccc1OC. The van der Waals surface area contributed by atoms with Crippen LogP contribution in [0, 0.1) is 12.3 Å². The van der Waals surface area contributed by atoms with E-state index in [9.17, 15) is 4.79 Å². The Balaban J connectivity index is 1.81. The zero-order chi connectivity index (χ0) is 21.1. The number of hydrogen-bond acceptors (Lipinski definition) is 5. The van der Waals surface area contributed by atoms with Crippen LogP contribution in [-0.2, 0) is 4.79 Å². The molecule has 0 heterocycles. The van der Waals surface area contributed by atoms with E-state index in [1.54, 1.807) is 36.4 Å². The van der Waals surface area contributed by atoms with Gasteiger partial charge in [0.2, 0.25) is 5.91 Å². The lowest BCUT2D eigenvalue weighted by molar-refractivity contribution is -0.121. The number of nitrogens with one attached hydrogen (secondary N) is 1. The molecule has 8 heteroatoms. The summed E-state index contributed by atoms with van der Waals surface area (Å²) >= 11 is 11.9. The van der Waals surface area contributed by atoms with Gasteiger partial charge in [-0.15, -0.1) is 6.42 Å². The predicted octanol–water partition coefficient (Wildman–Crippen LogP) is 4.32. The molecule has 1 amide bonds. The summed E-state index contributed by atoms with van der Waals surface area (Å²) in [6, 6.07) is 10.3. The smallest absolute Gasteiger partial charge is 0.240 e. The number of methoxy groups -OCH3 is 1. The molecule has 0 fully saturated rings. The van der Waals surface area contributed by atoms with Crippen LogP contribution in [0.4, 0.5) is 0 Å². The van der Waals surface area contributed by atoms with E-state index in [-0.39, 0.29) is 18.9 Å². The molecule has 2 rings (SSSR count). The quantitative estimate of drug-likeness (QED) is 0.261. The molecule has 0 radical (unpaired) electrons. The maximum absolute atomic E-state index is 11.9. The summed E-state index contributed by atoms with van der Waals surface area (Å²) in [6.45, 7) is 0.420. The van der Waals surface area contributed by atoms with E-state index < -0.39 is 0 Å². The van der Waals surface area contributed by atoms with Crippen molar-refractivity contribution in [2.24, 2.45) is 5.10 Å². The minimum absolute atomic E-state index is 0.0885. The molecule has 2 aromatic rings. The zero-order valence-corrected chi connectivity index (χ0v) is 17.3. The van der Waals surface area contributed by atoms with Crippen molar-refractivity contribution in [2.75, 3.05) is 20.3 Å². The molecule has 0 aliphatic heterocycles.